The molecule has 1 unspecified atom stereocenters. The Morgan fingerprint density at radius 1 is 1.41 bits per heavy atom. The second kappa shape index (κ2) is 3.87. The maximum Gasteiger partial charge on any atom is 0.146 e. The molecule has 0 aliphatic carbocycles. The lowest BCUT2D eigenvalue weighted by molar-refractivity contribution is 0.274. The predicted molar refractivity (Wildman–Crippen MR) is 64.2 cm³/mol. The SMILES string of the molecule is Cc1ccccc1C1NNc2cc(CO)nn21. The van der Waals surface area contributed by atoms with Crippen molar-refractivity contribution in [3.05, 3.63) is 47.2 Å². The molecule has 0 radical (unpaired) electrons. The molecule has 17 heavy (non-hydrogen) atoms. The molecule has 1 aliphatic rings. The number of aliphatic hydroxyl groups excluding tert-OH is 1. The number of fused-ring (bicyclic) bond motifs is 1. The Labute approximate surface area is 99.0 Å². The summed E-state index contributed by atoms with van der Waals surface area (Å²) in [6, 6.07) is 10.0. The summed E-state index contributed by atoms with van der Waals surface area (Å²) in [5, 5.41) is 13.4. The Bertz CT molecular complexity index is 549. The minimum Gasteiger partial charge on any atom is -0.390 e. The third-order valence-corrected chi connectivity index (χ3v) is 3.01. The van der Waals surface area contributed by atoms with Crippen LogP contribution < -0.4 is 10.9 Å². The summed E-state index contributed by atoms with van der Waals surface area (Å²) in [6.45, 7) is 2.04. The Hall–Kier alpha value is -1.85. The Morgan fingerprint density at radius 3 is 3.00 bits per heavy atom. The number of hydrogen-bond acceptors (Lipinski definition) is 4. The normalized spacial score (nSPS) is 17.9. The number of hydrogen-bond donors (Lipinski definition) is 3. The largest absolute Gasteiger partial charge is 0.390 e. The molecule has 2 heterocycles. The van der Waals surface area contributed by atoms with Gasteiger partial charge in [0.1, 0.15) is 12.0 Å². The molecule has 5 heteroatoms. The standard InChI is InChI=1S/C12H14N4O/c1-8-4-2-3-5-10(8)12-14-13-11-6-9(7-17)15-16(11)12/h2-6,12-14,17H,7H2,1H3. The van der Waals surface area contributed by atoms with Crippen molar-refractivity contribution in [3.63, 3.8) is 0 Å². The lowest BCUT2D eigenvalue weighted by Crippen LogP contribution is -2.24. The van der Waals surface area contributed by atoms with Crippen LogP contribution in [0, 0.1) is 6.92 Å². The van der Waals surface area contributed by atoms with Crippen LogP contribution in [0.5, 0.6) is 0 Å². The van der Waals surface area contributed by atoms with E-state index in [0.29, 0.717) is 5.69 Å². The predicted octanol–water partition coefficient (Wildman–Crippen LogP) is 1.16. The zero-order valence-electron chi connectivity index (χ0n) is 9.51. The first-order valence-electron chi connectivity index (χ1n) is 5.56. The van der Waals surface area contributed by atoms with Gasteiger partial charge in [0.05, 0.1) is 12.3 Å². The van der Waals surface area contributed by atoms with E-state index in [1.807, 2.05) is 22.9 Å². The third-order valence-electron chi connectivity index (χ3n) is 3.01. The molecule has 1 atom stereocenters. The summed E-state index contributed by atoms with van der Waals surface area (Å²) < 4.78 is 1.86. The van der Waals surface area contributed by atoms with Gasteiger partial charge in [-0.25, -0.2) is 10.1 Å². The van der Waals surface area contributed by atoms with Crippen LogP contribution in [-0.2, 0) is 6.61 Å². The van der Waals surface area contributed by atoms with Crippen molar-refractivity contribution < 1.29 is 5.11 Å². The van der Waals surface area contributed by atoms with Crippen molar-refractivity contribution in [1.29, 1.82) is 0 Å². The summed E-state index contributed by atoms with van der Waals surface area (Å²) in [4.78, 5) is 0. The quantitative estimate of drug-likeness (QED) is 0.724. The van der Waals surface area contributed by atoms with Crippen molar-refractivity contribution in [2.75, 3.05) is 5.43 Å². The Kier molecular flexibility index (Phi) is 2.35. The van der Waals surface area contributed by atoms with Gasteiger partial charge in [0.25, 0.3) is 0 Å². The first-order valence-corrected chi connectivity index (χ1v) is 5.56. The molecule has 0 saturated carbocycles. The highest BCUT2D eigenvalue weighted by atomic mass is 16.3. The first kappa shape index (κ1) is 10.3. The van der Waals surface area contributed by atoms with Gasteiger partial charge in [0.2, 0.25) is 0 Å². The summed E-state index contributed by atoms with van der Waals surface area (Å²) in [5.41, 5.74) is 9.30. The summed E-state index contributed by atoms with van der Waals surface area (Å²) in [6.07, 6.45) is -0.0218. The molecule has 0 fully saturated rings. The van der Waals surface area contributed by atoms with Crippen LogP contribution in [-0.4, -0.2) is 14.9 Å². The van der Waals surface area contributed by atoms with Gasteiger partial charge < -0.3 is 10.5 Å². The summed E-state index contributed by atoms with van der Waals surface area (Å²) >= 11 is 0. The van der Waals surface area contributed by atoms with Gasteiger partial charge in [-0.15, -0.1) is 0 Å². The van der Waals surface area contributed by atoms with E-state index in [9.17, 15) is 0 Å². The highest BCUT2D eigenvalue weighted by Gasteiger charge is 2.25. The van der Waals surface area contributed by atoms with E-state index in [1.54, 1.807) is 0 Å². The van der Waals surface area contributed by atoms with E-state index in [2.05, 4.69) is 35.0 Å². The fraction of sp³-hybridized carbons (Fsp3) is 0.250. The summed E-state index contributed by atoms with van der Waals surface area (Å²) in [7, 11) is 0. The molecule has 3 rings (SSSR count). The number of nitrogens with one attached hydrogen (secondary N) is 2. The molecule has 1 aliphatic heterocycles. The Balaban J connectivity index is 2.03. The maximum absolute atomic E-state index is 9.08. The van der Waals surface area contributed by atoms with Crippen molar-refractivity contribution in [1.82, 2.24) is 15.2 Å². The molecule has 0 saturated heterocycles. The molecular weight excluding hydrogens is 216 g/mol. The van der Waals surface area contributed by atoms with Crippen LogP contribution >= 0.6 is 0 Å². The minimum absolute atomic E-state index is 0.0218. The van der Waals surface area contributed by atoms with Crippen LogP contribution in [0.2, 0.25) is 0 Å². The van der Waals surface area contributed by atoms with Crippen molar-refractivity contribution >= 4 is 5.82 Å². The van der Waals surface area contributed by atoms with Gasteiger partial charge in [0.15, 0.2) is 0 Å². The molecular formula is C12H14N4O. The maximum atomic E-state index is 9.08. The van der Waals surface area contributed by atoms with E-state index >= 15 is 0 Å². The van der Waals surface area contributed by atoms with Gasteiger partial charge in [-0.05, 0) is 18.1 Å². The van der Waals surface area contributed by atoms with Gasteiger partial charge in [0, 0.05) is 6.07 Å². The van der Waals surface area contributed by atoms with E-state index in [0.717, 1.165) is 5.82 Å². The number of hydrazine groups is 1. The zero-order chi connectivity index (χ0) is 11.8. The van der Waals surface area contributed by atoms with Gasteiger partial charge in [-0.1, -0.05) is 24.3 Å². The van der Waals surface area contributed by atoms with E-state index in [-0.39, 0.29) is 12.8 Å². The molecule has 1 aromatic carbocycles. The molecule has 3 N–H and O–H groups in total. The minimum atomic E-state index is -0.0395. The van der Waals surface area contributed by atoms with E-state index < -0.39 is 0 Å². The van der Waals surface area contributed by atoms with Crippen molar-refractivity contribution in [2.45, 2.75) is 19.7 Å². The number of anilines is 1. The highest BCUT2D eigenvalue weighted by Crippen LogP contribution is 2.27. The molecule has 88 valence electrons. The second-order valence-electron chi connectivity index (χ2n) is 4.15. The fourth-order valence-electron chi connectivity index (χ4n) is 2.12. The lowest BCUT2D eigenvalue weighted by Gasteiger charge is -2.14. The van der Waals surface area contributed by atoms with Crippen LogP contribution in [0.15, 0.2) is 30.3 Å². The zero-order valence-corrected chi connectivity index (χ0v) is 9.51. The molecule has 0 spiro atoms. The van der Waals surface area contributed by atoms with E-state index in [4.69, 9.17) is 5.11 Å². The molecule has 2 aromatic rings. The monoisotopic (exact) mass is 230 g/mol. The van der Waals surface area contributed by atoms with Gasteiger partial charge >= 0.3 is 0 Å². The van der Waals surface area contributed by atoms with Crippen LogP contribution in [0.4, 0.5) is 5.82 Å². The van der Waals surface area contributed by atoms with Crippen molar-refractivity contribution in [3.8, 4) is 0 Å². The van der Waals surface area contributed by atoms with E-state index in [1.165, 1.54) is 11.1 Å². The number of nitrogens with zero attached hydrogens (tertiary/aromatic N) is 2. The Morgan fingerprint density at radius 2 is 2.24 bits per heavy atom. The number of aryl methyl sites for hydroxylation is 1. The highest BCUT2D eigenvalue weighted by molar-refractivity contribution is 5.43. The van der Waals surface area contributed by atoms with Gasteiger partial charge in [-0.2, -0.15) is 5.10 Å². The molecule has 0 bridgehead atoms. The average Bonchev–Trinajstić information content (AvgIpc) is 2.89. The summed E-state index contributed by atoms with van der Waals surface area (Å²) in [5.74, 6) is 0.877. The molecule has 5 nitrogen and oxygen atoms in total. The first-order chi connectivity index (χ1) is 8.29. The number of benzene rings is 1. The number of rotatable bonds is 2. The lowest BCUT2D eigenvalue weighted by atomic mass is 10.1. The average molecular weight is 230 g/mol. The van der Waals surface area contributed by atoms with Crippen LogP contribution in [0.3, 0.4) is 0 Å². The van der Waals surface area contributed by atoms with Crippen LogP contribution in [0.25, 0.3) is 0 Å². The number of aromatic nitrogens is 2. The third kappa shape index (κ3) is 1.60. The molecule has 1 aromatic heterocycles. The molecule has 0 amide bonds. The second-order valence-corrected chi connectivity index (χ2v) is 4.15. The smallest absolute Gasteiger partial charge is 0.146 e. The van der Waals surface area contributed by atoms with Crippen molar-refractivity contribution in [2.24, 2.45) is 0 Å². The van der Waals surface area contributed by atoms with Gasteiger partial charge in [-0.3, -0.25) is 0 Å². The van der Waals surface area contributed by atoms with Crippen LogP contribution in [0.1, 0.15) is 23.0 Å². The number of aliphatic hydroxyl groups is 1. The topological polar surface area (TPSA) is 62.1 Å². The fourth-order valence-corrected chi connectivity index (χ4v) is 2.12.